The Bertz CT molecular complexity index is 3050. The van der Waals surface area contributed by atoms with E-state index in [1.807, 2.05) is 0 Å². The van der Waals surface area contributed by atoms with E-state index in [9.17, 15) is 0 Å². The van der Waals surface area contributed by atoms with Gasteiger partial charge in [-0.05, 0) is 102 Å². The minimum Gasteiger partial charge on any atom is -0.228 e. The highest BCUT2D eigenvalue weighted by Gasteiger charge is 2.51. The second-order valence-corrected chi connectivity index (χ2v) is 16.1. The van der Waals surface area contributed by atoms with E-state index >= 15 is 0 Å². The maximum atomic E-state index is 5.38. The molecule has 0 saturated carbocycles. The van der Waals surface area contributed by atoms with E-state index in [0.29, 0.717) is 0 Å². The number of fused-ring (bicyclic) bond motifs is 14. The molecular weight excluding hydrogens is 677 g/mol. The first kappa shape index (κ1) is 31.5. The largest absolute Gasteiger partial charge is 0.228 e. The van der Waals surface area contributed by atoms with E-state index in [0.717, 1.165) is 33.9 Å². The van der Waals surface area contributed by atoms with Crippen LogP contribution in [0.5, 0.6) is 0 Å². The van der Waals surface area contributed by atoms with Crippen molar-refractivity contribution in [2.45, 2.75) is 24.7 Å². The monoisotopic (exact) mass is 712 g/mol. The van der Waals surface area contributed by atoms with Gasteiger partial charge in [-0.3, -0.25) is 0 Å². The maximum Gasteiger partial charge on any atom is 0.160 e. The van der Waals surface area contributed by atoms with Gasteiger partial charge < -0.3 is 0 Å². The fourth-order valence-electron chi connectivity index (χ4n) is 10.4. The molecule has 3 aliphatic carbocycles. The van der Waals surface area contributed by atoms with E-state index < -0.39 is 5.41 Å². The summed E-state index contributed by atoms with van der Waals surface area (Å²) in [6.45, 7) is 4.71. The summed E-state index contributed by atoms with van der Waals surface area (Å²) in [6, 6.07) is 66.9. The van der Waals surface area contributed by atoms with Gasteiger partial charge in [-0.15, -0.1) is 0 Å². The molecule has 0 amide bonds. The van der Waals surface area contributed by atoms with Gasteiger partial charge in [0.25, 0.3) is 0 Å². The van der Waals surface area contributed by atoms with Crippen LogP contribution in [0, 0.1) is 0 Å². The predicted octanol–water partition coefficient (Wildman–Crippen LogP) is 13.3. The zero-order chi connectivity index (χ0) is 37.2. The van der Waals surface area contributed by atoms with Crippen molar-refractivity contribution in [3.63, 3.8) is 0 Å². The molecule has 1 heterocycles. The molecule has 1 aromatic heterocycles. The Kier molecular flexibility index (Phi) is 6.36. The number of hydrogen-bond donors (Lipinski definition) is 0. The van der Waals surface area contributed by atoms with Gasteiger partial charge in [0.15, 0.2) is 5.82 Å². The van der Waals surface area contributed by atoms with Gasteiger partial charge in [-0.25, -0.2) is 9.97 Å². The molecule has 3 aliphatic rings. The first-order chi connectivity index (χ1) is 27.5. The SMILES string of the molecule is CC1(C)c2cc3ccccc3cc2-c2c(-c3cc(-c4ccc5c(c4)C4(c6ccccc6-c6ccccc64)c4ccccc4-5)nc(-c4ccccc4)n3)cccc21. The minimum absolute atomic E-state index is 0.153. The van der Waals surface area contributed by atoms with Crippen molar-refractivity contribution in [2.24, 2.45) is 0 Å². The normalized spacial score (nSPS) is 14.5. The Morgan fingerprint density at radius 3 is 1.55 bits per heavy atom. The Balaban J connectivity index is 1.11. The summed E-state index contributed by atoms with van der Waals surface area (Å²) in [7, 11) is 0. The zero-order valence-electron chi connectivity index (χ0n) is 31.2. The smallest absolute Gasteiger partial charge is 0.160 e. The van der Waals surface area contributed by atoms with Crippen LogP contribution in [-0.2, 0) is 10.8 Å². The second kappa shape index (κ2) is 11.3. The Hall–Kier alpha value is -6.90. The molecule has 0 bridgehead atoms. The van der Waals surface area contributed by atoms with E-state index in [2.05, 4.69) is 196 Å². The van der Waals surface area contributed by atoms with Crippen molar-refractivity contribution < 1.29 is 0 Å². The van der Waals surface area contributed by atoms with Crippen LogP contribution < -0.4 is 0 Å². The average Bonchev–Trinajstić information content (AvgIpc) is 3.81. The Morgan fingerprint density at radius 2 is 0.875 bits per heavy atom. The van der Waals surface area contributed by atoms with Crippen LogP contribution in [-0.4, -0.2) is 9.97 Å². The third-order valence-corrected chi connectivity index (χ3v) is 12.9. The summed E-state index contributed by atoms with van der Waals surface area (Å²) in [5.74, 6) is 0.724. The van der Waals surface area contributed by atoms with Crippen molar-refractivity contribution in [3.05, 3.63) is 215 Å². The van der Waals surface area contributed by atoms with E-state index in [-0.39, 0.29) is 5.41 Å². The molecule has 0 unspecified atom stereocenters. The van der Waals surface area contributed by atoms with Crippen molar-refractivity contribution in [3.8, 4) is 67.3 Å². The number of nitrogens with zero attached hydrogens (tertiary/aromatic N) is 2. The molecule has 8 aromatic carbocycles. The first-order valence-electron chi connectivity index (χ1n) is 19.6. The highest BCUT2D eigenvalue weighted by molar-refractivity contribution is 5.99. The lowest BCUT2D eigenvalue weighted by molar-refractivity contribution is 0.661. The number of hydrogen-bond acceptors (Lipinski definition) is 2. The second-order valence-electron chi connectivity index (χ2n) is 16.1. The lowest BCUT2D eigenvalue weighted by Gasteiger charge is -2.30. The van der Waals surface area contributed by atoms with Gasteiger partial charge >= 0.3 is 0 Å². The van der Waals surface area contributed by atoms with Crippen molar-refractivity contribution in [2.75, 3.05) is 0 Å². The summed E-state index contributed by atoms with van der Waals surface area (Å²) < 4.78 is 0. The van der Waals surface area contributed by atoms with Gasteiger partial charge in [0, 0.05) is 22.1 Å². The van der Waals surface area contributed by atoms with Crippen molar-refractivity contribution in [1.82, 2.24) is 9.97 Å². The molecule has 0 atom stereocenters. The fourth-order valence-corrected chi connectivity index (χ4v) is 10.4. The number of rotatable bonds is 3. The van der Waals surface area contributed by atoms with Crippen LogP contribution in [0.2, 0.25) is 0 Å². The van der Waals surface area contributed by atoms with Crippen molar-refractivity contribution in [1.29, 1.82) is 0 Å². The van der Waals surface area contributed by atoms with Crippen LogP contribution in [0.1, 0.15) is 47.2 Å². The number of benzene rings is 8. The Morgan fingerprint density at radius 1 is 0.339 bits per heavy atom. The van der Waals surface area contributed by atoms with E-state index in [1.165, 1.54) is 77.5 Å². The van der Waals surface area contributed by atoms with Gasteiger partial charge in [-0.1, -0.05) is 172 Å². The van der Waals surface area contributed by atoms with Crippen LogP contribution >= 0.6 is 0 Å². The van der Waals surface area contributed by atoms with Crippen LogP contribution in [0.3, 0.4) is 0 Å². The molecule has 1 spiro atoms. The highest BCUT2D eigenvalue weighted by Crippen LogP contribution is 2.63. The van der Waals surface area contributed by atoms with Gasteiger partial charge in [0.2, 0.25) is 0 Å². The van der Waals surface area contributed by atoms with E-state index in [1.54, 1.807) is 0 Å². The molecule has 2 nitrogen and oxygen atoms in total. The molecule has 0 saturated heterocycles. The van der Waals surface area contributed by atoms with Gasteiger partial charge in [0.05, 0.1) is 16.8 Å². The standard InChI is InChI=1S/C54H36N2/c1-53(2)46-26-14-22-41(51(46)42-29-34-17-6-7-18-35(34)30-47(42)53)50-32-49(55-52(56-50)33-15-4-3-5-16-33)36-27-28-40-39-21-10-13-25-45(39)54(48(40)31-36)43-23-11-8-19-37(43)38-20-9-12-24-44(38)54/h3-32H,1-2H3. The zero-order valence-corrected chi connectivity index (χ0v) is 31.2. The quantitative estimate of drug-likeness (QED) is 0.182. The summed E-state index contributed by atoms with van der Waals surface area (Å²) in [4.78, 5) is 10.8. The molecule has 0 N–H and O–H groups in total. The summed E-state index contributed by atoms with van der Waals surface area (Å²) in [5.41, 5.74) is 20.2. The molecule has 0 aliphatic heterocycles. The third kappa shape index (κ3) is 4.11. The highest BCUT2D eigenvalue weighted by atomic mass is 14.9. The Labute approximate surface area is 326 Å². The molecular formula is C54H36N2. The summed E-state index contributed by atoms with van der Waals surface area (Å²) in [6.07, 6.45) is 0. The van der Waals surface area contributed by atoms with Crippen LogP contribution in [0.15, 0.2) is 182 Å². The molecule has 0 fully saturated rings. The van der Waals surface area contributed by atoms with Gasteiger partial charge in [0.1, 0.15) is 0 Å². The lowest BCUT2D eigenvalue weighted by Crippen LogP contribution is -2.25. The molecule has 262 valence electrons. The third-order valence-electron chi connectivity index (χ3n) is 12.9. The van der Waals surface area contributed by atoms with Gasteiger partial charge in [-0.2, -0.15) is 0 Å². The van der Waals surface area contributed by atoms with Crippen LogP contribution in [0.4, 0.5) is 0 Å². The minimum atomic E-state index is -0.425. The van der Waals surface area contributed by atoms with Crippen molar-refractivity contribution >= 4 is 10.8 Å². The molecule has 56 heavy (non-hydrogen) atoms. The average molecular weight is 713 g/mol. The summed E-state index contributed by atoms with van der Waals surface area (Å²) >= 11 is 0. The van der Waals surface area contributed by atoms with Crippen LogP contribution in [0.25, 0.3) is 78.1 Å². The maximum absolute atomic E-state index is 5.38. The van der Waals surface area contributed by atoms with E-state index in [4.69, 9.17) is 9.97 Å². The molecule has 2 heteroatoms. The first-order valence-corrected chi connectivity index (χ1v) is 19.6. The summed E-state index contributed by atoms with van der Waals surface area (Å²) in [5, 5.41) is 2.52. The molecule has 12 rings (SSSR count). The fraction of sp³-hybridized carbons (Fsp3) is 0.0741. The lowest BCUT2D eigenvalue weighted by atomic mass is 9.70. The molecule has 9 aromatic rings. The molecule has 0 radical (unpaired) electrons. The predicted molar refractivity (Wildman–Crippen MR) is 230 cm³/mol. The number of aromatic nitrogens is 2. The topological polar surface area (TPSA) is 25.8 Å².